The first-order valence-corrected chi connectivity index (χ1v) is 8.30. The highest BCUT2D eigenvalue weighted by atomic mass is 79.9. The topological polar surface area (TPSA) is 46.2 Å². The summed E-state index contributed by atoms with van der Waals surface area (Å²) in [5.74, 6) is 0.418. The van der Waals surface area contributed by atoms with E-state index in [2.05, 4.69) is 20.7 Å². The lowest BCUT2D eigenvalue weighted by atomic mass is 10.0. The minimum atomic E-state index is -3.46. The molecule has 92 valence electrons. The summed E-state index contributed by atoms with van der Waals surface area (Å²) in [6.45, 7) is 3.63. The Balaban J connectivity index is 2.93. The van der Waals surface area contributed by atoms with Gasteiger partial charge in [0.25, 0.3) is 10.0 Å². The minimum absolute atomic E-state index is 0.301. The molecular formula is C9H13BrClNO2S2. The highest BCUT2D eigenvalue weighted by molar-refractivity contribution is 9.10. The molecule has 0 atom stereocenters. The summed E-state index contributed by atoms with van der Waals surface area (Å²) in [5.41, 5.74) is -0.538. The van der Waals surface area contributed by atoms with Gasteiger partial charge in [0.2, 0.25) is 0 Å². The van der Waals surface area contributed by atoms with Crippen molar-refractivity contribution in [3.63, 3.8) is 0 Å². The fourth-order valence-corrected chi connectivity index (χ4v) is 5.42. The van der Waals surface area contributed by atoms with Crippen molar-refractivity contribution in [2.24, 2.45) is 0 Å². The van der Waals surface area contributed by atoms with E-state index in [1.807, 2.05) is 13.8 Å². The van der Waals surface area contributed by atoms with E-state index in [1.165, 1.54) is 11.3 Å². The average molecular weight is 347 g/mol. The monoisotopic (exact) mass is 345 g/mol. The molecule has 3 nitrogen and oxygen atoms in total. The van der Waals surface area contributed by atoms with Gasteiger partial charge in [-0.3, -0.25) is 0 Å². The van der Waals surface area contributed by atoms with Gasteiger partial charge in [-0.1, -0.05) is 0 Å². The molecule has 1 heterocycles. The van der Waals surface area contributed by atoms with Crippen molar-refractivity contribution in [1.82, 2.24) is 4.72 Å². The normalized spacial score (nSPS) is 13.0. The van der Waals surface area contributed by atoms with Crippen LogP contribution in [0.25, 0.3) is 0 Å². The van der Waals surface area contributed by atoms with E-state index < -0.39 is 15.6 Å². The molecule has 1 aromatic rings. The number of rotatable bonds is 5. The second kappa shape index (κ2) is 5.35. The number of hydrogen-bond acceptors (Lipinski definition) is 3. The van der Waals surface area contributed by atoms with Gasteiger partial charge in [0.05, 0.1) is 0 Å². The Bertz CT molecular complexity index is 456. The van der Waals surface area contributed by atoms with Crippen molar-refractivity contribution < 1.29 is 8.42 Å². The lowest BCUT2D eigenvalue weighted by molar-refractivity contribution is 0.442. The van der Waals surface area contributed by atoms with Crippen LogP contribution in [0.1, 0.15) is 20.3 Å². The SMILES string of the molecule is CC(C)(CCCl)NS(=O)(=O)c1sccc1Br. The van der Waals surface area contributed by atoms with Gasteiger partial charge < -0.3 is 0 Å². The summed E-state index contributed by atoms with van der Waals surface area (Å²) >= 11 is 10.0. The summed E-state index contributed by atoms with van der Waals surface area (Å²) in [4.78, 5) is 0. The Morgan fingerprint density at radius 1 is 1.56 bits per heavy atom. The van der Waals surface area contributed by atoms with E-state index in [9.17, 15) is 8.42 Å². The van der Waals surface area contributed by atoms with Crippen LogP contribution in [0.15, 0.2) is 20.1 Å². The highest BCUT2D eigenvalue weighted by Gasteiger charge is 2.27. The molecule has 0 unspecified atom stereocenters. The first-order chi connectivity index (χ1) is 7.28. The first kappa shape index (κ1) is 14.4. The standard InChI is InChI=1S/C9H13BrClNO2S2/c1-9(2,4-5-11)12-16(13,14)8-7(10)3-6-15-8/h3,6,12H,4-5H2,1-2H3. The number of sulfonamides is 1. The first-order valence-electron chi connectivity index (χ1n) is 4.61. The summed E-state index contributed by atoms with van der Waals surface area (Å²) in [6, 6.07) is 1.72. The van der Waals surface area contributed by atoms with Crippen LogP contribution in [0.3, 0.4) is 0 Å². The van der Waals surface area contributed by atoms with Crippen molar-refractivity contribution in [2.75, 3.05) is 5.88 Å². The van der Waals surface area contributed by atoms with E-state index >= 15 is 0 Å². The van der Waals surface area contributed by atoms with Gasteiger partial charge in [0.15, 0.2) is 0 Å². The maximum atomic E-state index is 12.0. The molecule has 0 fully saturated rings. The maximum Gasteiger partial charge on any atom is 0.251 e. The Morgan fingerprint density at radius 3 is 2.62 bits per heavy atom. The van der Waals surface area contributed by atoms with Crippen molar-refractivity contribution in [2.45, 2.75) is 30.0 Å². The van der Waals surface area contributed by atoms with Crippen molar-refractivity contribution in [1.29, 1.82) is 0 Å². The molecule has 0 aliphatic carbocycles. The lowest BCUT2D eigenvalue weighted by Crippen LogP contribution is -2.43. The average Bonchev–Trinajstić information content (AvgIpc) is 2.49. The fourth-order valence-electron chi connectivity index (χ4n) is 1.17. The summed E-state index contributed by atoms with van der Waals surface area (Å²) in [6.07, 6.45) is 0.580. The van der Waals surface area contributed by atoms with Crippen molar-refractivity contribution >= 4 is 48.9 Å². The smallest absolute Gasteiger partial charge is 0.206 e. The Hall–Kier alpha value is 0.380. The summed E-state index contributed by atoms with van der Waals surface area (Å²) in [7, 11) is -3.46. The third kappa shape index (κ3) is 3.70. The molecule has 1 rings (SSSR count). The molecular weight excluding hydrogens is 334 g/mol. The van der Waals surface area contributed by atoms with E-state index in [1.54, 1.807) is 11.4 Å². The van der Waals surface area contributed by atoms with Crippen LogP contribution in [0.5, 0.6) is 0 Å². The third-order valence-corrected chi connectivity index (χ3v) is 6.52. The maximum absolute atomic E-state index is 12.0. The highest BCUT2D eigenvalue weighted by Crippen LogP contribution is 2.28. The zero-order chi connectivity index (χ0) is 12.4. The largest absolute Gasteiger partial charge is 0.251 e. The van der Waals surface area contributed by atoms with Gasteiger partial charge in [0.1, 0.15) is 4.21 Å². The minimum Gasteiger partial charge on any atom is -0.206 e. The van der Waals surface area contributed by atoms with Crippen LogP contribution in [-0.4, -0.2) is 19.8 Å². The molecule has 0 aliphatic rings. The predicted octanol–water partition coefficient (Wildman–Crippen LogP) is 3.20. The number of nitrogens with one attached hydrogen (secondary N) is 1. The molecule has 0 spiro atoms. The third-order valence-electron chi connectivity index (χ3n) is 1.96. The summed E-state index contributed by atoms with van der Waals surface area (Å²) in [5, 5.41) is 1.73. The van der Waals surface area contributed by atoms with Crippen molar-refractivity contribution in [3.05, 3.63) is 15.9 Å². The van der Waals surface area contributed by atoms with Crippen LogP contribution in [0, 0.1) is 0 Å². The Labute approximate surface area is 113 Å². The molecule has 7 heteroatoms. The lowest BCUT2D eigenvalue weighted by Gasteiger charge is -2.24. The van der Waals surface area contributed by atoms with E-state index in [4.69, 9.17) is 11.6 Å². The van der Waals surface area contributed by atoms with Crippen LogP contribution >= 0.6 is 38.9 Å². The Morgan fingerprint density at radius 2 is 2.19 bits per heavy atom. The second-order valence-corrected chi connectivity index (χ2v) is 8.01. The van der Waals surface area contributed by atoms with E-state index in [-0.39, 0.29) is 0 Å². The fraction of sp³-hybridized carbons (Fsp3) is 0.556. The van der Waals surface area contributed by atoms with Gasteiger partial charge in [-0.05, 0) is 47.6 Å². The van der Waals surface area contributed by atoms with E-state index in [0.29, 0.717) is 21.0 Å². The van der Waals surface area contributed by atoms with Gasteiger partial charge >= 0.3 is 0 Å². The zero-order valence-electron chi connectivity index (χ0n) is 8.96. The van der Waals surface area contributed by atoms with Crippen LogP contribution in [0.4, 0.5) is 0 Å². The van der Waals surface area contributed by atoms with Gasteiger partial charge in [-0.2, -0.15) is 0 Å². The van der Waals surface area contributed by atoms with Gasteiger partial charge in [-0.15, -0.1) is 22.9 Å². The number of alkyl halides is 1. The molecule has 0 saturated heterocycles. The number of thiophene rings is 1. The molecule has 0 aromatic carbocycles. The van der Waals surface area contributed by atoms with Gasteiger partial charge in [0, 0.05) is 15.9 Å². The van der Waals surface area contributed by atoms with Gasteiger partial charge in [-0.25, -0.2) is 13.1 Å². The number of hydrogen-bond donors (Lipinski definition) is 1. The number of halogens is 2. The Kier molecular flexibility index (Phi) is 4.83. The zero-order valence-corrected chi connectivity index (χ0v) is 12.9. The molecule has 1 N–H and O–H groups in total. The second-order valence-electron chi connectivity index (χ2n) is 3.98. The quantitative estimate of drug-likeness (QED) is 0.832. The molecule has 1 aromatic heterocycles. The van der Waals surface area contributed by atoms with Crippen molar-refractivity contribution in [3.8, 4) is 0 Å². The summed E-state index contributed by atoms with van der Waals surface area (Å²) < 4.78 is 27.6. The van der Waals surface area contributed by atoms with Crippen LogP contribution in [-0.2, 0) is 10.0 Å². The molecule has 16 heavy (non-hydrogen) atoms. The van der Waals surface area contributed by atoms with Crippen LogP contribution < -0.4 is 4.72 Å². The molecule has 0 saturated carbocycles. The molecule has 0 radical (unpaired) electrons. The van der Waals surface area contributed by atoms with Crippen LogP contribution in [0.2, 0.25) is 0 Å². The molecule has 0 amide bonds. The van der Waals surface area contributed by atoms with E-state index in [0.717, 1.165) is 0 Å². The predicted molar refractivity (Wildman–Crippen MR) is 71.8 cm³/mol. The molecule has 0 aliphatic heterocycles. The molecule has 0 bridgehead atoms.